The Morgan fingerprint density at radius 3 is 2.29 bits per heavy atom. The maximum atomic E-state index is 11.4. The Bertz CT molecular complexity index is 548. The molecule has 0 aliphatic carbocycles. The molecule has 0 fully saturated rings. The standard InChI is InChI=1S/C13H16ClNO6/c1-7(13(14)16)11(20-3)9-5-8(19-2)6-10(15(17)18)12(9)21-4/h5-7,11H,1-4H3/t7-,11-/m1/s1. The number of ether oxygens (including phenoxy) is 3. The molecule has 0 amide bonds. The molecule has 0 heterocycles. The van der Waals surface area contributed by atoms with Crippen LogP contribution in [0.4, 0.5) is 5.69 Å². The van der Waals surface area contributed by atoms with Crippen molar-refractivity contribution in [2.24, 2.45) is 5.92 Å². The van der Waals surface area contributed by atoms with Gasteiger partial charge in [-0.2, -0.15) is 0 Å². The maximum Gasteiger partial charge on any atom is 0.315 e. The van der Waals surface area contributed by atoms with E-state index < -0.39 is 22.2 Å². The second kappa shape index (κ2) is 7.24. The van der Waals surface area contributed by atoms with Gasteiger partial charge in [-0.05, 0) is 17.7 Å². The molecule has 21 heavy (non-hydrogen) atoms. The van der Waals surface area contributed by atoms with E-state index in [0.717, 1.165) is 0 Å². The second-order valence-electron chi connectivity index (χ2n) is 4.28. The Balaban J connectivity index is 3.54. The van der Waals surface area contributed by atoms with Gasteiger partial charge in [-0.1, -0.05) is 6.92 Å². The topological polar surface area (TPSA) is 87.9 Å². The quantitative estimate of drug-likeness (QED) is 0.436. The van der Waals surface area contributed by atoms with E-state index in [2.05, 4.69) is 0 Å². The van der Waals surface area contributed by atoms with Crippen molar-refractivity contribution in [2.75, 3.05) is 21.3 Å². The Labute approximate surface area is 126 Å². The fourth-order valence-corrected chi connectivity index (χ4v) is 2.13. The summed E-state index contributed by atoms with van der Waals surface area (Å²) >= 11 is 5.50. The summed E-state index contributed by atoms with van der Waals surface area (Å²) in [6.45, 7) is 1.56. The first-order valence-corrected chi connectivity index (χ1v) is 6.37. The van der Waals surface area contributed by atoms with Crippen LogP contribution >= 0.6 is 11.6 Å². The molecule has 7 nitrogen and oxygen atoms in total. The summed E-state index contributed by atoms with van der Waals surface area (Å²) < 4.78 is 15.4. The highest BCUT2D eigenvalue weighted by molar-refractivity contribution is 6.64. The maximum absolute atomic E-state index is 11.4. The van der Waals surface area contributed by atoms with Gasteiger partial charge >= 0.3 is 5.69 Å². The highest BCUT2D eigenvalue weighted by Crippen LogP contribution is 2.42. The predicted octanol–water partition coefficient (Wildman–Crippen LogP) is 2.70. The summed E-state index contributed by atoms with van der Waals surface area (Å²) in [7, 11) is 4.07. The summed E-state index contributed by atoms with van der Waals surface area (Å²) in [5.74, 6) is -0.441. The van der Waals surface area contributed by atoms with Crippen LogP contribution in [0.15, 0.2) is 12.1 Å². The van der Waals surface area contributed by atoms with Crippen molar-refractivity contribution in [1.82, 2.24) is 0 Å². The highest BCUT2D eigenvalue weighted by Gasteiger charge is 2.31. The molecule has 0 bridgehead atoms. The normalized spacial score (nSPS) is 13.4. The molecular formula is C13H16ClNO6. The predicted molar refractivity (Wildman–Crippen MR) is 76.0 cm³/mol. The van der Waals surface area contributed by atoms with Crippen LogP contribution in [0.3, 0.4) is 0 Å². The molecule has 0 aliphatic rings. The number of rotatable bonds is 7. The molecule has 0 spiro atoms. The first-order valence-electron chi connectivity index (χ1n) is 5.99. The molecule has 116 valence electrons. The molecule has 1 aromatic carbocycles. The van der Waals surface area contributed by atoms with E-state index in [1.165, 1.54) is 33.5 Å². The minimum atomic E-state index is -0.793. The average molecular weight is 318 g/mol. The van der Waals surface area contributed by atoms with E-state index in [-0.39, 0.29) is 17.2 Å². The van der Waals surface area contributed by atoms with Crippen molar-refractivity contribution in [3.8, 4) is 11.5 Å². The van der Waals surface area contributed by atoms with Crippen molar-refractivity contribution in [3.05, 3.63) is 27.8 Å². The molecule has 2 atom stereocenters. The van der Waals surface area contributed by atoms with Crippen molar-refractivity contribution >= 4 is 22.5 Å². The Morgan fingerprint density at radius 2 is 1.90 bits per heavy atom. The van der Waals surface area contributed by atoms with Gasteiger partial charge < -0.3 is 14.2 Å². The zero-order valence-corrected chi connectivity index (χ0v) is 12.8. The molecule has 0 aromatic heterocycles. The number of halogens is 1. The minimum absolute atomic E-state index is 0.0115. The molecule has 1 aromatic rings. The summed E-state index contributed by atoms with van der Waals surface area (Å²) in [5.41, 5.74) is 0.0515. The number of nitro benzene ring substituents is 1. The third kappa shape index (κ3) is 3.62. The van der Waals surface area contributed by atoms with E-state index in [4.69, 9.17) is 25.8 Å². The average Bonchev–Trinajstić information content (AvgIpc) is 2.46. The summed E-state index contributed by atoms with van der Waals surface area (Å²) in [6, 6.07) is 2.76. The van der Waals surface area contributed by atoms with E-state index in [9.17, 15) is 14.9 Å². The highest BCUT2D eigenvalue weighted by atomic mass is 35.5. The lowest BCUT2D eigenvalue weighted by molar-refractivity contribution is -0.385. The monoisotopic (exact) mass is 317 g/mol. The number of methoxy groups -OCH3 is 3. The molecule has 8 heteroatoms. The van der Waals surface area contributed by atoms with Crippen molar-refractivity contribution < 1.29 is 23.9 Å². The zero-order chi connectivity index (χ0) is 16.2. The van der Waals surface area contributed by atoms with Crippen LogP contribution in [0.2, 0.25) is 0 Å². The SMILES string of the molecule is COc1cc([C@H](OC)[C@@H](C)C(=O)Cl)c(OC)c([N+](=O)[O-])c1. The van der Waals surface area contributed by atoms with Gasteiger partial charge in [-0.3, -0.25) is 14.9 Å². The summed E-state index contributed by atoms with van der Waals surface area (Å²) in [5, 5.41) is 10.5. The first-order chi connectivity index (χ1) is 9.87. The number of benzene rings is 1. The van der Waals surface area contributed by atoms with Crippen LogP contribution in [0.5, 0.6) is 11.5 Å². The lowest BCUT2D eigenvalue weighted by Gasteiger charge is -2.22. The molecule has 0 radical (unpaired) electrons. The third-order valence-electron chi connectivity index (χ3n) is 3.08. The Morgan fingerprint density at radius 1 is 1.29 bits per heavy atom. The number of carbonyl (C=O) groups excluding carboxylic acids is 1. The number of nitrogens with zero attached hydrogens (tertiary/aromatic N) is 1. The van der Waals surface area contributed by atoms with Crippen molar-refractivity contribution in [1.29, 1.82) is 0 Å². The van der Waals surface area contributed by atoms with Gasteiger partial charge in [0.2, 0.25) is 11.0 Å². The Kier molecular flexibility index (Phi) is 5.92. The number of hydrogen-bond donors (Lipinski definition) is 0. The molecule has 1 rings (SSSR count). The number of hydrogen-bond acceptors (Lipinski definition) is 6. The lowest BCUT2D eigenvalue weighted by atomic mass is 9.96. The molecular weight excluding hydrogens is 302 g/mol. The number of carbonyl (C=O) groups is 1. The third-order valence-corrected chi connectivity index (χ3v) is 3.42. The molecule has 0 N–H and O–H groups in total. The van der Waals surface area contributed by atoms with Gasteiger partial charge in [0.05, 0.1) is 37.2 Å². The fourth-order valence-electron chi connectivity index (χ4n) is 2.02. The van der Waals surface area contributed by atoms with Gasteiger partial charge in [0.15, 0.2) is 0 Å². The van der Waals surface area contributed by atoms with Crippen LogP contribution in [0.25, 0.3) is 0 Å². The van der Waals surface area contributed by atoms with Crippen molar-refractivity contribution in [3.63, 3.8) is 0 Å². The van der Waals surface area contributed by atoms with E-state index in [0.29, 0.717) is 5.56 Å². The summed E-state index contributed by atoms with van der Waals surface area (Å²) in [6.07, 6.45) is -0.793. The molecule has 0 unspecified atom stereocenters. The van der Waals surface area contributed by atoms with Crippen LogP contribution in [0, 0.1) is 16.0 Å². The lowest BCUT2D eigenvalue weighted by Crippen LogP contribution is -2.18. The minimum Gasteiger partial charge on any atom is -0.496 e. The largest absolute Gasteiger partial charge is 0.496 e. The van der Waals surface area contributed by atoms with Gasteiger partial charge in [0, 0.05) is 12.7 Å². The first kappa shape index (κ1) is 17.2. The van der Waals surface area contributed by atoms with E-state index in [1.807, 2.05) is 0 Å². The smallest absolute Gasteiger partial charge is 0.315 e. The van der Waals surface area contributed by atoms with Crippen molar-refractivity contribution in [2.45, 2.75) is 13.0 Å². The van der Waals surface area contributed by atoms with Crippen LogP contribution in [0.1, 0.15) is 18.6 Å². The van der Waals surface area contributed by atoms with Gasteiger partial charge in [0.1, 0.15) is 5.75 Å². The van der Waals surface area contributed by atoms with Crippen LogP contribution in [-0.2, 0) is 9.53 Å². The van der Waals surface area contributed by atoms with E-state index >= 15 is 0 Å². The van der Waals surface area contributed by atoms with Gasteiger partial charge in [0.25, 0.3) is 0 Å². The van der Waals surface area contributed by atoms with Gasteiger partial charge in [-0.15, -0.1) is 0 Å². The molecule has 0 aliphatic heterocycles. The second-order valence-corrected chi connectivity index (χ2v) is 4.65. The number of nitro groups is 1. The summed E-state index contributed by atoms with van der Waals surface area (Å²) in [4.78, 5) is 21.9. The molecule has 0 saturated carbocycles. The zero-order valence-electron chi connectivity index (χ0n) is 12.1. The molecule has 0 saturated heterocycles. The van der Waals surface area contributed by atoms with Crippen LogP contribution in [-0.4, -0.2) is 31.5 Å². The van der Waals surface area contributed by atoms with E-state index in [1.54, 1.807) is 6.92 Å². The fraction of sp³-hybridized carbons (Fsp3) is 0.462. The van der Waals surface area contributed by atoms with Gasteiger partial charge in [-0.25, -0.2) is 0 Å². The Hall–Kier alpha value is -1.86. The van der Waals surface area contributed by atoms with Crippen LogP contribution < -0.4 is 9.47 Å².